The van der Waals surface area contributed by atoms with Gasteiger partial charge in [0, 0.05) is 5.56 Å². The van der Waals surface area contributed by atoms with E-state index in [-0.39, 0.29) is 5.78 Å². The van der Waals surface area contributed by atoms with Gasteiger partial charge in [-0.15, -0.1) is 0 Å². The molecular weight excluding hydrogens is 250 g/mol. The van der Waals surface area contributed by atoms with Crippen LogP contribution in [0.15, 0.2) is 35.3 Å². The Kier molecular flexibility index (Phi) is 2.98. The van der Waals surface area contributed by atoms with Crippen molar-refractivity contribution in [2.24, 2.45) is 0 Å². The Morgan fingerprint density at radius 1 is 1.28 bits per heavy atom. The highest BCUT2D eigenvalue weighted by Crippen LogP contribution is 2.30. The van der Waals surface area contributed by atoms with Crippen molar-refractivity contribution in [3.63, 3.8) is 0 Å². The molecule has 0 radical (unpaired) electrons. The number of thiazole rings is 1. The maximum Gasteiger partial charge on any atom is 0.227 e. The predicted molar refractivity (Wildman–Crippen MR) is 66.3 cm³/mol. The summed E-state index contributed by atoms with van der Waals surface area (Å²) in [6.07, 6.45) is 1.89. The summed E-state index contributed by atoms with van der Waals surface area (Å²) in [6.45, 7) is 1.44. The molecule has 0 amide bonds. The minimum absolute atomic E-state index is 0.0652. The van der Waals surface area contributed by atoms with E-state index in [1.165, 1.54) is 0 Å². The number of nitrogens with zero attached hydrogens (tertiary/aromatic N) is 1. The summed E-state index contributed by atoms with van der Waals surface area (Å²) in [6, 6.07) is 5.33. The minimum Gasteiger partial charge on any atom is -0.486 e. The van der Waals surface area contributed by atoms with E-state index in [2.05, 4.69) is 0 Å². The quantitative estimate of drug-likeness (QED) is 0.624. The molecule has 1 aliphatic rings. The number of rotatable bonds is 3. The van der Waals surface area contributed by atoms with Gasteiger partial charge in [-0.2, -0.15) is 4.57 Å². The number of hydrogen-bond acceptors (Lipinski definition) is 4. The topological polar surface area (TPSA) is 39.4 Å². The first-order valence-electron chi connectivity index (χ1n) is 5.67. The van der Waals surface area contributed by atoms with Crippen molar-refractivity contribution in [1.82, 2.24) is 0 Å². The number of carbonyl (C=O) groups is 1. The van der Waals surface area contributed by atoms with Gasteiger partial charge in [0.2, 0.25) is 17.8 Å². The third-order valence-electron chi connectivity index (χ3n) is 2.72. The maximum absolute atomic E-state index is 12.1. The van der Waals surface area contributed by atoms with Crippen LogP contribution in [-0.2, 0) is 6.54 Å². The zero-order valence-corrected chi connectivity index (χ0v) is 10.5. The number of aromatic nitrogens is 1. The normalized spacial score (nSPS) is 13.3. The Balaban J connectivity index is 1.81. The lowest BCUT2D eigenvalue weighted by Gasteiger charge is -2.18. The summed E-state index contributed by atoms with van der Waals surface area (Å²) in [7, 11) is 0. The van der Waals surface area contributed by atoms with Crippen LogP contribution < -0.4 is 14.0 Å². The van der Waals surface area contributed by atoms with Gasteiger partial charge >= 0.3 is 0 Å². The molecule has 18 heavy (non-hydrogen) atoms. The highest BCUT2D eigenvalue weighted by Gasteiger charge is 2.17. The number of ketones is 1. The van der Waals surface area contributed by atoms with Gasteiger partial charge in [-0.25, -0.2) is 0 Å². The van der Waals surface area contributed by atoms with E-state index in [1.807, 2.05) is 21.7 Å². The number of ether oxygens (including phenoxy) is 2. The lowest BCUT2D eigenvalue weighted by Crippen LogP contribution is -2.34. The van der Waals surface area contributed by atoms with Crippen LogP contribution in [0.5, 0.6) is 11.5 Å². The first-order chi connectivity index (χ1) is 8.83. The van der Waals surface area contributed by atoms with Crippen LogP contribution in [0.25, 0.3) is 0 Å². The molecule has 2 aromatic rings. The fraction of sp³-hybridized carbons (Fsp3) is 0.231. The molecule has 0 aliphatic carbocycles. The fourth-order valence-corrected chi connectivity index (χ4v) is 2.42. The predicted octanol–water partition coefficient (Wildman–Crippen LogP) is 1.69. The van der Waals surface area contributed by atoms with E-state index in [9.17, 15) is 4.79 Å². The Labute approximate surface area is 108 Å². The van der Waals surface area contributed by atoms with Gasteiger partial charge < -0.3 is 9.47 Å². The van der Waals surface area contributed by atoms with Crippen molar-refractivity contribution >= 4 is 17.1 Å². The van der Waals surface area contributed by atoms with E-state index in [4.69, 9.17) is 9.47 Å². The molecule has 5 heteroatoms. The van der Waals surface area contributed by atoms with Crippen molar-refractivity contribution in [3.8, 4) is 11.5 Å². The lowest BCUT2D eigenvalue weighted by molar-refractivity contribution is -0.678. The molecule has 1 aromatic carbocycles. The smallest absolute Gasteiger partial charge is 0.227 e. The zero-order valence-electron chi connectivity index (χ0n) is 9.67. The largest absolute Gasteiger partial charge is 0.486 e. The van der Waals surface area contributed by atoms with E-state index >= 15 is 0 Å². The molecule has 0 saturated carbocycles. The van der Waals surface area contributed by atoms with Crippen molar-refractivity contribution in [1.29, 1.82) is 0 Å². The first kappa shape index (κ1) is 11.2. The third-order valence-corrected chi connectivity index (χ3v) is 3.39. The van der Waals surface area contributed by atoms with Crippen LogP contribution in [0, 0.1) is 0 Å². The molecule has 4 nitrogen and oxygen atoms in total. The standard InChI is InChI=1S/C13H12NO3S/c15-11(8-14-3-6-18-9-14)10-1-2-12-13(7-10)17-5-4-16-12/h1-3,6-7,9H,4-5,8H2/q+1. The molecule has 3 rings (SSSR count). The number of Topliss-reactive ketones (excluding diaryl/α,β-unsaturated/α-hetero) is 1. The minimum atomic E-state index is 0.0652. The molecule has 0 saturated heterocycles. The Hall–Kier alpha value is -1.88. The number of benzene rings is 1. The Morgan fingerprint density at radius 3 is 2.89 bits per heavy atom. The van der Waals surface area contributed by atoms with Gasteiger partial charge in [0.15, 0.2) is 17.7 Å². The Bertz CT molecular complexity index is 566. The molecule has 0 N–H and O–H groups in total. The number of carbonyl (C=O) groups excluding carboxylic acids is 1. The summed E-state index contributed by atoms with van der Waals surface area (Å²) in [5.41, 5.74) is 2.56. The summed E-state index contributed by atoms with van der Waals surface area (Å²) < 4.78 is 12.8. The average Bonchev–Trinajstić information content (AvgIpc) is 2.91. The highest BCUT2D eigenvalue weighted by atomic mass is 32.1. The van der Waals surface area contributed by atoms with E-state index in [0.29, 0.717) is 36.8 Å². The van der Waals surface area contributed by atoms with Crippen molar-refractivity contribution in [2.45, 2.75) is 6.54 Å². The van der Waals surface area contributed by atoms with Gasteiger partial charge in [0.1, 0.15) is 13.2 Å². The average molecular weight is 262 g/mol. The van der Waals surface area contributed by atoms with Gasteiger partial charge in [-0.1, -0.05) is 11.3 Å². The Morgan fingerprint density at radius 2 is 2.11 bits per heavy atom. The first-order valence-corrected chi connectivity index (χ1v) is 6.61. The van der Waals surface area contributed by atoms with Gasteiger partial charge in [0.05, 0.1) is 5.38 Å². The SMILES string of the molecule is O=C(C[n+]1ccsc1)c1ccc2c(c1)OCCO2. The zero-order chi connectivity index (χ0) is 12.4. The second-order valence-corrected chi connectivity index (χ2v) is 4.74. The molecule has 0 atom stereocenters. The van der Waals surface area contributed by atoms with Gasteiger partial charge in [0.25, 0.3) is 0 Å². The van der Waals surface area contributed by atoms with E-state index in [0.717, 1.165) is 0 Å². The van der Waals surface area contributed by atoms with Crippen LogP contribution in [0.2, 0.25) is 0 Å². The molecule has 0 spiro atoms. The van der Waals surface area contributed by atoms with Gasteiger partial charge in [-0.05, 0) is 18.2 Å². The van der Waals surface area contributed by atoms with Crippen molar-refractivity contribution in [3.05, 3.63) is 40.8 Å². The molecule has 0 fully saturated rings. The molecule has 2 heterocycles. The highest BCUT2D eigenvalue weighted by molar-refractivity contribution is 7.07. The summed E-state index contributed by atoms with van der Waals surface area (Å²) in [5.74, 6) is 1.43. The molecular formula is C13H12NO3S+. The number of hydrogen-bond donors (Lipinski definition) is 0. The summed E-state index contributed by atoms with van der Waals surface area (Å²) >= 11 is 1.57. The summed E-state index contributed by atoms with van der Waals surface area (Å²) in [5, 5.41) is 1.94. The van der Waals surface area contributed by atoms with E-state index in [1.54, 1.807) is 29.5 Å². The number of fused-ring (bicyclic) bond motifs is 1. The monoisotopic (exact) mass is 262 g/mol. The second kappa shape index (κ2) is 4.78. The second-order valence-electron chi connectivity index (χ2n) is 3.98. The lowest BCUT2D eigenvalue weighted by atomic mass is 10.1. The van der Waals surface area contributed by atoms with Crippen molar-refractivity contribution in [2.75, 3.05) is 13.2 Å². The van der Waals surface area contributed by atoms with Crippen molar-refractivity contribution < 1.29 is 18.8 Å². The summed E-state index contributed by atoms with van der Waals surface area (Å²) in [4.78, 5) is 12.1. The maximum atomic E-state index is 12.1. The van der Waals surface area contributed by atoms with E-state index < -0.39 is 0 Å². The fourth-order valence-electron chi connectivity index (χ4n) is 1.83. The van der Waals surface area contributed by atoms with Gasteiger partial charge in [-0.3, -0.25) is 4.79 Å². The van der Waals surface area contributed by atoms with Crippen LogP contribution >= 0.6 is 11.3 Å². The molecule has 1 aliphatic heterocycles. The van der Waals surface area contributed by atoms with Crippen LogP contribution in [-0.4, -0.2) is 19.0 Å². The molecule has 0 unspecified atom stereocenters. The van der Waals surface area contributed by atoms with Crippen LogP contribution in [0.3, 0.4) is 0 Å². The molecule has 1 aromatic heterocycles. The molecule has 92 valence electrons. The molecule has 0 bridgehead atoms. The van der Waals surface area contributed by atoms with Crippen LogP contribution in [0.4, 0.5) is 0 Å². The third kappa shape index (κ3) is 2.22. The van der Waals surface area contributed by atoms with Crippen LogP contribution in [0.1, 0.15) is 10.4 Å².